The van der Waals surface area contributed by atoms with Crippen LogP contribution in [-0.4, -0.2) is 46.5 Å². The summed E-state index contributed by atoms with van der Waals surface area (Å²) in [5, 5.41) is 0. The molecule has 0 fully saturated rings. The quantitative estimate of drug-likeness (QED) is 0.609. The number of hydrogen-bond acceptors (Lipinski definition) is 4. The van der Waals surface area contributed by atoms with E-state index in [4.69, 9.17) is 0 Å². The van der Waals surface area contributed by atoms with E-state index in [2.05, 4.69) is 0 Å². The van der Waals surface area contributed by atoms with Crippen LogP contribution in [0.4, 0.5) is 0 Å². The van der Waals surface area contributed by atoms with Gasteiger partial charge in [0.2, 0.25) is 0 Å². The molecule has 6 heteroatoms. The average molecular weight is 376 g/mol. The minimum Gasteiger partial charge on any atom is -0.275 e. The number of allylic oxidation sites excluding steroid dienone is 1. The zero-order valence-electron chi connectivity index (χ0n) is 15.7. The summed E-state index contributed by atoms with van der Waals surface area (Å²) >= 11 is 0. The van der Waals surface area contributed by atoms with Crippen LogP contribution in [0.15, 0.2) is 60.7 Å². The molecular formula is C22H20N2O4. The molecule has 0 bridgehead atoms. The van der Waals surface area contributed by atoms with Crippen molar-refractivity contribution < 1.29 is 19.2 Å². The second kappa shape index (κ2) is 8.00. The molecule has 2 aliphatic heterocycles. The molecule has 0 N–H and O–H groups in total. The van der Waals surface area contributed by atoms with Crippen molar-refractivity contribution in [3.05, 3.63) is 82.9 Å². The predicted molar refractivity (Wildman–Crippen MR) is 104 cm³/mol. The molecule has 0 aromatic heterocycles. The second-order valence-electron chi connectivity index (χ2n) is 6.24. The van der Waals surface area contributed by atoms with Gasteiger partial charge in [0.1, 0.15) is 0 Å². The molecule has 0 atom stereocenters. The zero-order chi connectivity index (χ0) is 20.3. The standard InChI is InChI=1S/C12H11NO2.C10H9NO2/c1-2-3-8-13-11(14)9-6-4-5-7-10(9)12(13)15;1-2-11-9(12)7-5-3-4-6-8(7)10(11)13/h2-7H,8H2,1H3;3-6H,2H2,1H3. The summed E-state index contributed by atoms with van der Waals surface area (Å²) in [6, 6.07) is 13.8. The molecule has 0 radical (unpaired) electrons. The third-order valence-electron chi connectivity index (χ3n) is 4.60. The van der Waals surface area contributed by atoms with Crippen LogP contribution < -0.4 is 0 Å². The van der Waals surface area contributed by atoms with Crippen LogP contribution in [0, 0.1) is 0 Å². The maximum atomic E-state index is 11.8. The highest BCUT2D eigenvalue weighted by Gasteiger charge is 2.34. The Balaban J connectivity index is 0.000000162. The Morgan fingerprint density at radius 3 is 1.36 bits per heavy atom. The molecule has 6 nitrogen and oxygen atoms in total. The number of rotatable bonds is 3. The van der Waals surface area contributed by atoms with E-state index in [1.165, 1.54) is 9.80 Å². The summed E-state index contributed by atoms with van der Waals surface area (Å²) in [6.07, 6.45) is 3.62. The zero-order valence-corrected chi connectivity index (χ0v) is 15.7. The number of fused-ring (bicyclic) bond motifs is 2. The Kier molecular flexibility index (Phi) is 5.49. The lowest BCUT2D eigenvalue weighted by Gasteiger charge is -2.09. The monoisotopic (exact) mass is 376 g/mol. The van der Waals surface area contributed by atoms with Crippen LogP contribution in [0.1, 0.15) is 55.3 Å². The number of hydrogen-bond donors (Lipinski definition) is 0. The van der Waals surface area contributed by atoms with Gasteiger partial charge in [0.05, 0.1) is 22.3 Å². The summed E-state index contributed by atoms with van der Waals surface area (Å²) in [4.78, 5) is 49.2. The van der Waals surface area contributed by atoms with Gasteiger partial charge in [0, 0.05) is 13.1 Å². The molecule has 4 amide bonds. The van der Waals surface area contributed by atoms with Gasteiger partial charge >= 0.3 is 0 Å². The van der Waals surface area contributed by atoms with Crippen molar-refractivity contribution in [1.29, 1.82) is 0 Å². The van der Waals surface area contributed by atoms with Crippen LogP contribution >= 0.6 is 0 Å². The maximum absolute atomic E-state index is 11.8. The number of carbonyl (C=O) groups is 4. The normalized spacial score (nSPS) is 15.1. The van der Waals surface area contributed by atoms with Crippen LogP contribution in [-0.2, 0) is 0 Å². The first-order chi connectivity index (χ1) is 13.5. The Hall–Kier alpha value is -3.54. The maximum Gasteiger partial charge on any atom is 0.261 e. The molecule has 2 aromatic carbocycles. The van der Waals surface area contributed by atoms with Crippen molar-refractivity contribution in [3.63, 3.8) is 0 Å². The topological polar surface area (TPSA) is 74.8 Å². The Labute approximate surface area is 163 Å². The van der Waals surface area contributed by atoms with E-state index in [0.29, 0.717) is 35.3 Å². The molecule has 0 spiro atoms. The summed E-state index contributed by atoms with van der Waals surface area (Å²) < 4.78 is 0. The third kappa shape index (κ3) is 3.24. The van der Waals surface area contributed by atoms with Gasteiger partial charge in [-0.2, -0.15) is 0 Å². The molecule has 0 unspecified atom stereocenters. The number of benzene rings is 2. The molecule has 2 aliphatic rings. The lowest BCUT2D eigenvalue weighted by molar-refractivity contribution is 0.0651. The van der Waals surface area contributed by atoms with Gasteiger partial charge in [0.15, 0.2) is 0 Å². The van der Waals surface area contributed by atoms with E-state index in [1.807, 2.05) is 13.0 Å². The van der Waals surface area contributed by atoms with Crippen molar-refractivity contribution in [2.24, 2.45) is 0 Å². The fraction of sp³-hybridized carbons (Fsp3) is 0.182. The number of imide groups is 2. The van der Waals surface area contributed by atoms with Gasteiger partial charge in [-0.3, -0.25) is 29.0 Å². The minimum absolute atomic E-state index is 0.178. The van der Waals surface area contributed by atoms with Gasteiger partial charge in [-0.05, 0) is 38.1 Å². The molecular weight excluding hydrogens is 356 g/mol. The first-order valence-electron chi connectivity index (χ1n) is 9.02. The summed E-state index contributed by atoms with van der Waals surface area (Å²) in [5.41, 5.74) is 2.06. The molecule has 2 heterocycles. The smallest absolute Gasteiger partial charge is 0.261 e. The van der Waals surface area contributed by atoms with Crippen LogP contribution in [0.5, 0.6) is 0 Å². The summed E-state index contributed by atoms with van der Waals surface area (Å²) in [6.45, 7) is 4.44. The molecule has 2 aromatic rings. The van der Waals surface area contributed by atoms with E-state index >= 15 is 0 Å². The Morgan fingerprint density at radius 2 is 1.04 bits per heavy atom. The van der Waals surface area contributed by atoms with Crippen molar-refractivity contribution in [2.75, 3.05) is 13.1 Å². The van der Waals surface area contributed by atoms with Crippen LogP contribution in [0.2, 0.25) is 0 Å². The van der Waals surface area contributed by atoms with E-state index < -0.39 is 0 Å². The SMILES string of the molecule is CC=CCN1C(=O)c2ccccc2C1=O.CCN1C(=O)c2ccccc2C1=O. The summed E-state index contributed by atoms with van der Waals surface area (Å²) in [5.74, 6) is -0.756. The third-order valence-corrected chi connectivity index (χ3v) is 4.60. The van der Waals surface area contributed by atoms with Gasteiger partial charge in [0.25, 0.3) is 23.6 Å². The molecule has 28 heavy (non-hydrogen) atoms. The highest BCUT2D eigenvalue weighted by atomic mass is 16.2. The lowest BCUT2D eigenvalue weighted by Crippen LogP contribution is -2.29. The van der Waals surface area contributed by atoms with E-state index in [9.17, 15) is 19.2 Å². The Bertz CT molecular complexity index is 924. The number of amides is 4. The largest absolute Gasteiger partial charge is 0.275 e. The summed E-state index contributed by atoms with van der Waals surface area (Å²) in [7, 11) is 0. The Morgan fingerprint density at radius 1 is 0.679 bits per heavy atom. The molecule has 0 saturated heterocycles. The van der Waals surface area contributed by atoms with Crippen LogP contribution in [0.3, 0.4) is 0 Å². The predicted octanol–water partition coefficient (Wildman–Crippen LogP) is 3.16. The molecule has 4 rings (SSSR count). The van der Waals surface area contributed by atoms with Gasteiger partial charge in [-0.25, -0.2) is 0 Å². The van der Waals surface area contributed by atoms with Gasteiger partial charge < -0.3 is 0 Å². The fourth-order valence-corrected chi connectivity index (χ4v) is 3.14. The van der Waals surface area contributed by atoms with Crippen molar-refractivity contribution >= 4 is 23.6 Å². The fourth-order valence-electron chi connectivity index (χ4n) is 3.14. The first-order valence-corrected chi connectivity index (χ1v) is 9.02. The van der Waals surface area contributed by atoms with Crippen LogP contribution in [0.25, 0.3) is 0 Å². The van der Waals surface area contributed by atoms with Crippen molar-refractivity contribution in [3.8, 4) is 0 Å². The van der Waals surface area contributed by atoms with Gasteiger partial charge in [-0.15, -0.1) is 0 Å². The van der Waals surface area contributed by atoms with E-state index in [0.717, 1.165) is 0 Å². The van der Waals surface area contributed by atoms with Crippen molar-refractivity contribution in [1.82, 2.24) is 9.80 Å². The lowest BCUT2D eigenvalue weighted by atomic mass is 10.1. The molecule has 142 valence electrons. The van der Waals surface area contributed by atoms with Crippen molar-refractivity contribution in [2.45, 2.75) is 13.8 Å². The second-order valence-corrected chi connectivity index (χ2v) is 6.24. The first kappa shape index (κ1) is 19.2. The highest BCUT2D eigenvalue weighted by molar-refractivity contribution is 6.22. The van der Waals surface area contributed by atoms with E-state index in [-0.39, 0.29) is 23.6 Å². The molecule has 0 saturated carbocycles. The van der Waals surface area contributed by atoms with Gasteiger partial charge in [-0.1, -0.05) is 36.4 Å². The average Bonchev–Trinajstić information content (AvgIpc) is 3.12. The number of carbonyl (C=O) groups excluding carboxylic acids is 4. The highest BCUT2D eigenvalue weighted by Crippen LogP contribution is 2.22. The minimum atomic E-state index is -0.200. The number of nitrogens with zero attached hydrogens (tertiary/aromatic N) is 2. The molecule has 0 aliphatic carbocycles. The van der Waals surface area contributed by atoms with E-state index in [1.54, 1.807) is 61.5 Å².